The van der Waals surface area contributed by atoms with Crippen LogP contribution in [0.1, 0.15) is 38.8 Å². The molecule has 0 unspecified atom stereocenters. The Balaban J connectivity index is 1.43. The van der Waals surface area contributed by atoms with Crippen molar-refractivity contribution < 1.29 is 14.0 Å². The Morgan fingerprint density at radius 1 is 0.900 bits per heavy atom. The fraction of sp³-hybridized carbons (Fsp3) is 0.292. The van der Waals surface area contributed by atoms with Crippen LogP contribution in [-0.2, 0) is 15.7 Å². The lowest BCUT2D eigenvalue weighted by Crippen LogP contribution is -2.41. The molecule has 0 saturated carbocycles. The van der Waals surface area contributed by atoms with Crippen molar-refractivity contribution in [2.24, 2.45) is 0 Å². The molecule has 0 amide bonds. The van der Waals surface area contributed by atoms with Gasteiger partial charge in [0.2, 0.25) is 0 Å². The van der Waals surface area contributed by atoms with Gasteiger partial charge in [0.25, 0.3) is 0 Å². The molecule has 3 heterocycles. The highest BCUT2D eigenvalue weighted by atomic mass is 16.7. The maximum atomic E-state index is 6.36. The third-order valence-corrected chi connectivity index (χ3v) is 6.24. The van der Waals surface area contributed by atoms with Crippen molar-refractivity contribution in [3.63, 3.8) is 0 Å². The van der Waals surface area contributed by atoms with Crippen LogP contribution in [0.3, 0.4) is 0 Å². The number of anilines is 2. The van der Waals surface area contributed by atoms with Crippen molar-refractivity contribution in [1.29, 1.82) is 0 Å². The summed E-state index contributed by atoms with van der Waals surface area (Å²) in [5, 5.41) is 3.39. The van der Waals surface area contributed by atoms with E-state index in [1.54, 1.807) is 6.20 Å². The lowest BCUT2D eigenvalue weighted by molar-refractivity contribution is 0.00578. The van der Waals surface area contributed by atoms with Crippen molar-refractivity contribution >= 4 is 24.0 Å². The summed E-state index contributed by atoms with van der Waals surface area (Å²) in [5.41, 5.74) is 4.40. The standard InChI is InChI=1S/C24H25BN2O3/c1-23(2)24(3,4)30-25(29-23)20-9-5-7-16-13-17-14-18(10-11-21(17)28-22(16)20)27-19-8-6-12-26-15-19/h5-12,14-15,27H,13H2,1-4H3. The molecule has 5 rings (SSSR count). The van der Waals surface area contributed by atoms with Crippen LogP contribution in [0.15, 0.2) is 60.9 Å². The third kappa shape index (κ3) is 3.26. The van der Waals surface area contributed by atoms with Gasteiger partial charge in [-0.1, -0.05) is 18.2 Å². The first-order valence-corrected chi connectivity index (χ1v) is 10.3. The number of rotatable bonds is 3. The van der Waals surface area contributed by atoms with Crippen molar-refractivity contribution in [2.45, 2.75) is 45.3 Å². The van der Waals surface area contributed by atoms with Crippen LogP contribution in [0.4, 0.5) is 11.4 Å². The Hall–Kier alpha value is -2.83. The third-order valence-electron chi connectivity index (χ3n) is 6.24. The average molecular weight is 400 g/mol. The van der Waals surface area contributed by atoms with E-state index in [1.807, 2.05) is 42.6 Å². The number of aromatic nitrogens is 1. The zero-order valence-electron chi connectivity index (χ0n) is 17.7. The average Bonchev–Trinajstić information content (AvgIpc) is 2.93. The molecule has 2 aliphatic heterocycles. The number of pyridine rings is 1. The summed E-state index contributed by atoms with van der Waals surface area (Å²) in [5.74, 6) is 1.71. The molecule has 5 nitrogen and oxygen atoms in total. The van der Waals surface area contributed by atoms with E-state index < -0.39 is 7.12 Å². The maximum absolute atomic E-state index is 6.36. The number of para-hydroxylation sites is 1. The molecular formula is C24H25BN2O3. The van der Waals surface area contributed by atoms with Crippen molar-refractivity contribution in [3.05, 3.63) is 72.1 Å². The molecule has 2 aromatic carbocycles. The maximum Gasteiger partial charge on any atom is 0.498 e. The van der Waals surface area contributed by atoms with Gasteiger partial charge in [0.15, 0.2) is 0 Å². The largest absolute Gasteiger partial charge is 0.498 e. The fourth-order valence-corrected chi connectivity index (χ4v) is 3.84. The van der Waals surface area contributed by atoms with E-state index in [4.69, 9.17) is 14.0 Å². The van der Waals surface area contributed by atoms with Crippen LogP contribution < -0.4 is 15.5 Å². The Labute approximate surface area is 177 Å². The van der Waals surface area contributed by atoms with E-state index in [0.717, 1.165) is 45.9 Å². The molecule has 1 saturated heterocycles. The van der Waals surface area contributed by atoms with Crippen LogP contribution in [0, 0.1) is 0 Å². The second-order valence-corrected chi connectivity index (χ2v) is 8.89. The van der Waals surface area contributed by atoms with Crippen molar-refractivity contribution in [3.8, 4) is 11.5 Å². The van der Waals surface area contributed by atoms with E-state index in [-0.39, 0.29) is 11.2 Å². The summed E-state index contributed by atoms with van der Waals surface area (Å²) in [6, 6.07) is 16.3. The topological polar surface area (TPSA) is 52.6 Å². The Morgan fingerprint density at radius 3 is 2.43 bits per heavy atom. The van der Waals surface area contributed by atoms with Crippen LogP contribution in [0.25, 0.3) is 0 Å². The molecule has 0 spiro atoms. The van der Waals surface area contributed by atoms with Crippen molar-refractivity contribution in [2.75, 3.05) is 5.32 Å². The number of fused-ring (bicyclic) bond motifs is 2. The van der Waals surface area contributed by atoms with E-state index in [2.05, 4.69) is 50.1 Å². The van der Waals surface area contributed by atoms with Gasteiger partial charge in [-0.3, -0.25) is 4.98 Å². The minimum atomic E-state index is -0.446. The lowest BCUT2D eigenvalue weighted by Gasteiger charge is -2.32. The van der Waals surface area contributed by atoms with Crippen LogP contribution in [0.2, 0.25) is 0 Å². The molecule has 0 aliphatic carbocycles. The summed E-state index contributed by atoms with van der Waals surface area (Å²) in [6.07, 6.45) is 4.36. The molecular weight excluding hydrogens is 375 g/mol. The first-order valence-electron chi connectivity index (χ1n) is 10.3. The number of benzene rings is 2. The number of hydrogen-bond donors (Lipinski definition) is 1. The smallest absolute Gasteiger partial charge is 0.457 e. The molecule has 1 fully saturated rings. The molecule has 0 atom stereocenters. The number of hydrogen-bond acceptors (Lipinski definition) is 5. The molecule has 6 heteroatoms. The first-order chi connectivity index (χ1) is 14.3. The highest BCUT2D eigenvalue weighted by molar-refractivity contribution is 6.63. The van der Waals surface area contributed by atoms with Crippen LogP contribution in [0.5, 0.6) is 11.5 Å². The highest BCUT2D eigenvalue weighted by Gasteiger charge is 2.52. The van der Waals surface area contributed by atoms with Crippen LogP contribution in [-0.4, -0.2) is 23.3 Å². The Bertz CT molecular complexity index is 1080. The summed E-state index contributed by atoms with van der Waals surface area (Å²) < 4.78 is 18.9. The van der Waals surface area contributed by atoms with Gasteiger partial charge < -0.3 is 19.4 Å². The zero-order valence-corrected chi connectivity index (χ0v) is 17.7. The summed E-state index contributed by atoms with van der Waals surface area (Å²) in [7, 11) is -0.446. The predicted molar refractivity (Wildman–Crippen MR) is 119 cm³/mol. The predicted octanol–water partition coefficient (Wildman–Crippen LogP) is 4.82. The number of ether oxygens (including phenoxy) is 1. The molecule has 3 aromatic rings. The van der Waals surface area contributed by atoms with Gasteiger partial charge in [-0.15, -0.1) is 0 Å². The van der Waals surface area contributed by atoms with Gasteiger partial charge in [-0.05, 0) is 63.6 Å². The van der Waals surface area contributed by atoms with Gasteiger partial charge in [-0.2, -0.15) is 0 Å². The molecule has 2 aliphatic rings. The van der Waals surface area contributed by atoms with E-state index in [9.17, 15) is 0 Å². The van der Waals surface area contributed by atoms with E-state index in [0.29, 0.717) is 0 Å². The van der Waals surface area contributed by atoms with Gasteiger partial charge in [-0.25, -0.2) is 0 Å². The summed E-state index contributed by atoms with van der Waals surface area (Å²) in [4.78, 5) is 4.15. The molecule has 0 bridgehead atoms. The summed E-state index contributed by atoms with van der Waals surface area (Å²) in [6.45, 7) is 8.26. The highest BCUT2D eigenvalue weighted by Crippen LogP contribution is 2.41. The minimum Gasteiger partial charge on any atom is -0.457 e. The van der Waals surface area contributed by atoms with Gasteiger partial charge in [0.1, 0.15) is 11.5 Å². The van der Waals surface area contributed by atoms with Gasteiger partial charge in [0, 0.05) is 29.3 Å². The normalized spacial score (nSPS) is 18.3. The molecule has 0 radical (unpaired) electrons. The van der Waals surface area contributed by atoms with E-state index >= 15 is 0 Å². The van der Waals surface area contributed by atoms with Crippen LogP contribution >= 0.6 is 0 Å². The SMILES string of the molecule is CC1(C)OB(c2cccc3c2Oc2ccc(Nc4cccnc4)cc2C3)OC1(C)C. The Kier molecular flexibility index (Phi) is 4.38. The molecule has 1 N–H and O–H groups in total. The Morgan fingerprint density at radius 2 is 1.70 bits per heavy atom. The van der Waals surface area contributed by atoms with Crippen molar-refractivity contribution in [1.82, 2.24) is 4.98 Å². The number of nitrogens with one attached hydrogen (secondary N) is 1. The molecule has 152 valence electrons. The lowest BCUT2D eigenvalue weighted by atomic mass is 9.76. The first kappa shape index (κ1) is 19.2. The van der Waals surface area contributed by atoms with Gasteiger partial charge in [0.05, 0.1) is 23.1 Å². The second kappa shape index (κ2) is 6.86. The number of nitrogens with zero attached hydrogens (tertiary/aromatic N) is 1. The molecule has 30 heavy (non-hydrogen) atoms. The van der Waals surface area contributed by atoms with Gasteiger partial charge >= 0.3 is 7.12 Å². The summed E-state index contributed by atoms with van der Waals surface area (Å²) >= 11 is 0. The second-order valence-electron chi connectivity index (χ2n) is 8.89. The monoisotopic (exact) mass is 400 g/mol. The zero-order chi connectivity index (χ0) is 20.9. The fourth-order valence-electron chi connectivity index (χ4n) is 3.84. The quantitative estimate of drug-likeness (QED) is 0.500. The van der Waals surface area contributed by atoms with E-state index in [1.165, 1.54) is 0 Å². The minimum absolute atomic E-state index is 0.389. The molecule has 1 aromatic heterocycles.